The molecule has 1 aromatic rings. The zero-order valence-electron chi connectivity index (χ0n) is 11.6. The van der Waals surface area contributed by atoms with Gasteiger partial charge in [0.25, 0.3) is 5.91 Å². The first-order valence-electron chi connectivity index (χ1n) is 7.00. The number of aromatic nitrogens is 2. The van der Waals surface area contributed by atoms with E-state index in [1.165, 1.54) is 6.42 Å². The Balaban J connectivity index is 1.66. The number of ether oxygens (including phenoxy) is 1. The lowest BCUT2D eigenvalue weighted by atomic mass is 9.60. The average Bonchev–Trinajstić information content (AvgIpc) is 2.76. The van der Waals surface area contributed by atoms with Crippen molar-refractivity contribution >= 4 is 5.91 Å². The normalized spacial score (nSPS) is 25.1. The molecule has 1 saturated heterocycles. The summed E-state index contributed by atoms with van der Waals surface area (Å²) in [5.41, 5.74) is 1.81. The third-order valence-corrected chi connectivity index (χ3v) is 4.81. The zero-order valence-corrected chi connectivity index (χ0v) is 11.6. The van der Waals surface area contributed by atoms with Crippen LogP contribution in [0.2, 0.25) is 0 Å². The van der Waals surface area contributed by atoms with Gasteiger partial charge >= 0.3 is 0 Å². The van der Waals surface area contributed by atoms with Gasteiger partial charge in [0.15, 0.2) is 0 Å². The van der Waals surface area contributed by atoms with Gasteiger partial charge in [0.05, 0.1) is 0 Å². The first-order valence-corrected chi connectivity index (χ1v) is 7.00. The van der Waals surface area contributed by atoms with E-state index in [1.54, 1.807) is 4.68 Å². The maximum atomic E-state index is 12.2. The molecule has 2 aliphatic rings. The number of hydrogen-bond donors (Lipinski definition) is 1. The van der Waals surface area contributed by atoms with Crippen LogP contribution >= 0.6 is 0 Å². The number of hydrogen-bond acceptors (Lipinski definition) is 3. The maximum Gasteiger partial charge on any atom is 0.272 e. The van der Waals surface area contributed by atoms with E-state index in [1.807, 2.05) is 20.0 Å². The number of nitrogens with one attached hydrogen (secondary N) is 1. The van der Waals surface area contributed by atoms with Crippen molar-refractivity contribution in [1.29, 1.82) is 0 Å². The molecule has 1 N–H and O–H groups in total. The van der Waals surface area contributed by atoms with E-state index >= 15 is 0 Å². The molecule has 19 heavy (non-hydrogen) atoms. The molecule has 1 aliphatic heterocycles. The van der Waals surface area contributed by atoms with Crippen molar-refractivity contribution in [3.63, 3.8) is 0 Å². The topological polar surface area (TPSA) is 56.1 Å². The van der Waals surface area contributed by atoms with Gasteiger partial charge in [-0.05, 0) is 44.1 Å². The fourth-order valence-electron chi connectivity index (χ4n) is 3.20. The van der Waals surface area contributed by atoms with Crippen molar-refractivity contribution in [3.8, 4) is 0 Å². The zero-order chi connectivity index (χ0) is 13.5. The molecule has 1 spiro atoms. The molecule has 2 heterocycles. The van der Waals surface area contributed by atoms with Gasteiger partial charge in [-0.25, -0.2) is 0 Å². The summed E-state index contributed by atoms with van der Waals surface area (Å²) in [5, 5.41) is 7.40. The minimum absolute atomic E-state index is 0.0423. The second kappa shape index (κ2) is 4.63. The molecule has 0 radical (unpaired) electrons. The highest BCUT2D eigenvalue weighted by Crippen LogP contribution is 2.48. The summed E-state index contributed by atoms with van der Waals surface area (Å²) in [4.78, 5) is 12.2. The largest absolute Gasteiger partial charge is 0.381 e. The molecular weight excluding hydrogens is 242 g/mol. The lowest BCUT2D eigenvalue weighted by Crippen LogP contribution is -2.57. The summed E-state index contributed by atoms with van der Waals surface area (Å²) in [6.45, 7) is 3.61. The molecule has 0 aromatic carbocycles. The van der Waals surface area contributed by atoms with Crippen molar-refractivity contribution < 1.29 is 9.53 Å². The molecule has 1 amide bonds. The van der Waals surface area contributed by atoms with Crippen LogP contribution in [0.25, 0.3) is 0 Å². The molecule has 5 heteroatoms. The number of amides is 1. The van der Waals surface area contributed by atoms with Crippen LogP contribution in [0.3, 0.4) is 0 Å². The van der Waals surface area contributed by atoms with Crippen LogP contribution in [0.4, 0.5) is 0 Å². The van der Waals surface area contributed by atoms with Gasteiger partial charge in [-0.15, -0.1) is 0 Å². The molecule has 5 nitrogen and oxygen atoms in total. The Bertz CT molecular complexity index is 469. The lowest BCUT2D eigenvalue weighted by molar-refractivity contribution is -0.0523. The van der Waals surface area contributed by atoms with Crippen molar-refractivity contribution in [1.82, 2.24) is 15.1 Å². The third-order valence-electron chi connectivity index (χ3n) is 4.81. The minimum atomic E-state index is -0.0423. The number of carbonyl (C=O) groups is 1. The Labute approximate surface area is 113 Å². The highest BCUT2D eigenvalue weighted by atomic mass is 16.5. The molecule has 3 rings (SSSR count). The van der Waals surface area contributed by atoms with Gasteiger partial charge in [0.2, 0.25) is 0 Å². The monoisotopic (exact) mass is 263 g/mol. The Morgan fingerprint density at radius 3 is 2.74 bits per heavy atom. The number of carbonyl (C=O) groups excluding carboxylic acids is 1. The van der Waals surface area contributed by atoms with Crippen LogP contribution in [0.1, 0.15) is 41.9 Å². The summed E-state index contributed by atoms with van der Waals surface area (Å²) in [6, 6.07) is 2.14. The van der Waals surface area contributed by atoms with Gasteiger partial charge in [-0.1, -0.05) is 0 Å². The number of aryl methyl sites for hydroxylation is 2. The van der Waals surface area contributed by atoms with Crippen LogP contribution in [0.5, 0.6) is 0 Å². The minimum Gasteiger partial charge on any atom is -0.381 e. The van der Waals surface area contributed by atoms with Gasteiger partial charge in [0.1, 0.15) is 5.69 Å². The molecule has 104 valence electrons. The van der Waals surface area contributed by atoms with Crippen LogP contribution in [-0.4, -0.2) is 34.9 Å². The molecule has 1 aliphatic carbocycles. The quantitative estimate of drug-likeness (QED) is 0.878. The Morgan fingerprint density at radius 2 is 2.21 bits per heavy atom. The Morgan fingerprint density at radius 1 is 1.47 bits per heavy atom. The van der Waals surface area contributed by atoms with Crippen molar-refractivity contribution in [2.75, 3.05) is 13.2 Å². The van der Waals surface area contributed by atoms with Gasteiger partial charge < -0.3 is 10.1 Å². The average molecular weight is 263 g/mol. The molecule has 0 bridgehead atoms. The predicted molar refractivity (Wildman–Crippen MR) is 70.9 cm³/mol. The van der Waals surface area contributed by atoms with Crippen LogP contribution < -0.4 is 5.32 Å². The molecule has 1 atom stereocenters. The summed E-state index contributed by atoms with van der Waals surface area (Å²) in [5.74, 6) is -0.0423. The predicted octanol–water partition coefficient (Wildman–Crippen LogP) is 1.42. The van der Waals surface area contributed by atoms with E-state index in [4.69, 9.17) is 4.74 Å². The van der Waals surface area contributed by atoms with Crippen molar-refractivity contribution in [3.05, 3.63) is 17.5 Å². The van der Waals surface area contributed by atoms with E-state index in [2.05, 4.69) is 10.4 Å². The molecule has 1 saturated carbocycles. The second-order valence-electron chi connectivity index (χ2n) is 5.83. The van der Waals surface area contributed by atoms with Gasteiger partial charge in [-0.2, -0.15) is 5.10 Å². The third kappa shape index (κ3) is 2.16. The summed E-state index contributed by atoms with van der Waals surface area (Å²) >= 11 is 0. The van der Waals surface area contributed by atoms with E-state index < -0.39 is 0 Å². The summed E-state index contributed by atoms with van der Waals surface area (Å²) in [6.07, 6.45) is 4.43. The summed E-state index contributed by atoms with van der Waals surface area (Å²) < 4.78 is 7.17. The lowest BCUT2D eigenvalue weighted by Gasteiger charge is -2.52. The maximum absolute atomic E-state index is 12.2. The first kappa shape index (κ1) is 12.7. The summed E-state index contributed by atoms with van der Waals surface area (Å²) in [7, 11) is 1.86. The fourth-order valence-corrected chi connectivity index (χ4v) is 3.20. The number of rotatable bonds is 2. The molecule has 1 unspecified atom stereocenters. The number of nitrogens with zero attached hydrogens (tertiary/aromatic N) is 2. The van der Waals surface area contributed by atoms with E-state index in [-0.39, 0.29) is 11.3 Å². The van der Waals surface area contributed by atoms with E-state index in [9.17, 15) is 4.79 Å². The Kier molecular flexibility index (Phi) is 3.09. The van der Waals surface area contributed by atoms with Crippen LogP contribution in [0, 0.1) is 12.3 Å². The van der Waals surface area contributed by atoms with Gasteiger partial charge in [0, 0.05) is 32.0 Å². The van der Waals surface area contributed by atoms with E-state index in [0.29, 0.717) is 11.7 Å². The molecule has 1 aromatic heterocycles. The van der Waals surface area contributed by atoms with Crippen molar-refractivity contribution in [2.45, 2.75) is 38.6 Å². The smallest absolute Gasteiger partial charge is 0.272 e. The SMILES string of the molecule is Cc1cc(C(=O)NC2CCC23CCOCC3)nn1C. The standard InChI is InChI=1S/C14H21N3O2/c1-10-9-11(16-17(10)2)13(18)15-12-3-4-14(12)5-7-19-8-6-14/h9,12H,3-8H2,1-2H3,(H,15,18). The van der Waals surface area contributed by atoms with Crippen LogP contribution in [0.15, 0.2) is 6.07 Å². The molecule has 2 fully saturated rings. The highest BCUT2D eigenvalue weighted by molar-refractivity contribution is 5.92. The second-order valence-corrected chi connectivity index (χ2v) is 5.83. The highest BCUT2D eigenvalue weighted by Gasteiger charge is 2.48. The van der Waals surface area contributed by atoms with Crippen molar-refractivity contribution in [2.24, 2.45) is 12.5 Å². The Hall–Kier alpha value is -1.36. The van der Waals surface area contributed by atoms with Gasteiger partial charge in [-0.3, -0.25) is 9.48 Å². The fraction of sp³-hybridized carbons (Fsp3) is 0.714. The van der Waals surface area contributed by atoms with E-state index in [0.717, 1.165) is 38.2 Å². The first-order chi connectivity index (χ1) is 9.11. The van der Waals surface area contributed by atoms with Crippen LogP contribution in [-0.2, 0) is 11.8 Å². The molecular formula is C14H21N3O2.